The lowest BCUT2D eigenvalue weighted by Crippen LogP contribution is -2.14. The maximum atomic E-state index is 11.9. The third-order valence-electron chi connectivity index (χ3n) is 2.46. The Morgan fingerprint density at radius 3 is 2.81 bits per heavy atom. The summed E-state index contributed by atoms with van der Waals surface area (Å²) < 4.78 is 24.5. The molecule has 0 spiro atoms. The van der Waals surface area contributed by atoms with E-state index in [2.05, 4.69) is 21.2 Å². The molecule has 1 aromatic rings. The lowest BCUT2D eigenvalue weighted by molar-refractivity contribution is 0.605. The normalized spacial score (nSPS) is 17.0. The molecule has 1 N–H and O–H groups in total. The third-order valence-corrected chi connectivity index (χ3v) is 4.99. The van der Waals surface area contributed by atoms with Gasteiger partial charge in [-0.1, -0.05) is 19.1 Å². The second-order valence-electron chi connectivity index (χ2n) is 3.58. The highest BCUT2D eigenvalue weighted by Gasteiger charge is 2.28. The number of hydrogen-bond acceptors (Lipinski definition) is 3. The molecule has 0 atom stereocenters. The molecule has 2 rings (SSSR count). The molecule has 0 aromatic heterocycles. The highest BCUT2D eigenvalue weighted by molar-refractivity contribution is 9.10. The Kier molecular flexibility index (Phi) is 3.19. The van der Waals surface area contributed by atoms with E-state index in [-0.39, 0.29) is 0 Å². The van der Waals surface area contributed by atoms with Crippen LogP contribution >= 0.6 is 15.9 Å². The van der Waals surface area contributed by atoms with Gasteiger partial charge >= 0.3 is 0 Å². The molecule has 0 unspecified atom stereocenters. The van der Waals surface area contributed by atoms with Gasteiger partial charge in [-0.3, -0.25) is 0 Å². The van der Waals surface area contributed by atoms with Crippen LogP contribution in [0.5, 0.6) is 0 Å². The van der Waals surface area contributed by atoms with Gasteiger partial charge in [0.25, 0.3) is 0 Å². The predicted octanol–water partition coefficient (Wildman–Crippen LogP) is 2.19. The number of hydrogen-bond donors (Lipinski definition) is 1. The van der Waals surface area contributed by atoms with Gasteiger partial charge in [-0.25, -0.2) is 8.42 Å². The molecule has 3 nitrogen and oxygen atoms in total. The first-order valence-corrected chi connectivity index (χ1v) is 7.35. The Bertz CT molecular complexity index is 549. The van der Waals surface area contributed by atoms with Crippen LogP contribution in [0.4, 0.5) is 0 Å². The minimum atomic E-state index is -3.26. The van der Waals surface area contributed by atoms with E-state index < -0.39 is 9.84 Å². The smallest absolute Gasteiger partial charge is 0.201 e. The number of sulfone groups is 1. The molecule has 0 bridgehead atoms. The predicted molar refractivity (Wildman–Crippen MR) is 67.8 cm³/mol. The summed E-state index contributed by atoms with van der Waals surface area (Å²) >= 11 is 3.29. The summed E-state index contributed by atoms with van der Waals surface area (Å²) in [5.41, 5.74) is 1.63. The van der Waals surface area contributed by atoms with E-state index in [9.17, 15) is 8.42 Å². The van der Waals surface area contributed by atoms with E-state index in [0.29, 0.717) is 15.9 Å². The lowest BCUT2D eigenvalue weighted by atomic mass is 10.1. The fourth-order valence-electron chi connectivity index (χ4n) is 1.76. The van der Waals surface area contributed by atoms with Crippen molar-refractivity contribution in [3.05, 3.63) is 33.6 Å². The molecule has 86 valence electrons. The summed E-state index contributed by atoms with van der Waals surface area (Å²) in [6, 6.07) is 5.44. The molecule has 0 saturated heterocycles. The van der Waals surface area contributed by atoms with Crippen molar-refractivity contribution in [1.29, 1.82) is 0 Å². The Morgan fingerprint density at radius 2 is 2.12 bits per heavy atom. The van der Waals surface area contributed by atoms with Crippen LogP contribution in [-0.2, 0) is 9.84 Å². The van der Waals surface area contributed by atoms with Gasteiger partial charge < -0.3 is 5.32 Å². The fourth-order valence-corrected chi connectivity index (χ4v) is 4.35. The zero-order chi connectivity index (χ0) is 11.8. The van der Waals surface area contributed by atoms with E-state index in [1.165, 1.54) is 5.41 Å². The quantitative estimate of drug-likeness (QED) is 0.931. The number of rotatable bonds is 3. The summed E-state index contributed by atoms with van der Waals surface area (Å²) in [5.74, 6) is 0. The van der Waals surface area contributed by atoms with E-state index in [4.69, 9.17) is 0 Å². The van der Waals surface area contributed by atoms with Crippen LogP contribution in [0.1, 0.15) is 12.5 Å². The Balaban J connectivity index is 2.52. The highest BCUT2D eigenvalue weighted by Crippen LogP contribution is 2.37. The second-order valence-corrected chi connectivity index (χ2v) is 6.17. The van der Waals surface area contributed by atoms with Crippen molar-refractivity contribution in [2.24, 2.45) is 0 Å². The number of halogens is 1. The van der Waals surface area contributed by atoms with Gasteiger partial charge in [-0.05, 0) is 39.7 Å². The molecule has 5 heteroatoms. The van der Waals surface area contributed by atoms with Crippen LogP contribution in [-0.4, -0.2) is 21.5 Å². The number of fused-ring (bicyclic) bond motifs is 1. The maximum absolute atomic E-state index is 11.9. The molecule has 0 fully saturated rings. The molecule has 1 aliphatic heterocycles. The minimum absolute atomic E-state index is 0.392. The zero-order valence-corrected chi connectivity index (χ0v) is 11.2. The van der Waals surface area contributed by atoms with Crippen LogP contribution in [0.3, 0.4) is 0 Å². The van der Waals surface area contributed by atoms with E-state index >= 15 is 0 Å². The van der Waals surface area contributed by atoms with Crippen molar-refractivity contribution in [3.63, 3.8) is 0 Å². The van der Waals surface area contributed by atoms with Crippen molar-refractivity contribution in [2.45, 2.75) is 11.8 Å². The summed E-state index contributed by atoms with van der Waals surface area (Å²) in [6.07, 6.45) is 0. The molecular formula is C11H12BrNO2S. The van der Waals surface area contributed by atoms with Gasteiger partial charge in [0.1, 0.15) is 0 Å². The summed E-state index contributed by atoms with van der Waals surface area (Å²) in [6.45, 7) is 3.39. The van der Waals surface area contributed by atoms with Crippen molar-refractivity contribution in [3.8, 4) is 0 Å². The van der Waals surface area contributed by atoms with Gasteiger partial charge in [0.05, 0.1) is 4.90 Å². The summed E-state index contributed by atoms with van der Waals surface area (Å²) in [4.78, 5) is 0.392. The molecule has 1 heterocycles. The molecule has 1 aliphatic rings. The lowest BCUT2D eigenvalue weighted by Gasteiger charge is -2.05. The third kappa shape index (κ3) is 1.95. The average Bonchev–Trinajstić information content (AvgIpc) is 2.49. The first-order chi connectivity index (χ1) is 7.56. The summed E-state index contributed by atoms with van der Waals surface area (Å²) in [5, 5.41) is 4.49. The molecule has 0 radical (unpaired) electrons. The Hall–Kier alpha value is -0.650. The molecular weight excluding hydrogens is 290 g/mol. The number of benzene rings is 1. The van der Waals surface area contributed by atoms with Gasteiger partial charge in [0.15, 0.2) is 0 Å². The van der Waals surface area contributed by atoms with Crippen LogP contribution in [0, 0.1) is 0 Å². The Morgan fingerprint density at radius 1 is 1.38 bits per heavy atom. The maximum Gasteiger partial charge on any atom is 0.201 e. The van der Waals surface area contributed by atoms with Crippen LogP contribution < -0.4 is 5.32 Å². The number of likely N-dealkylation sites (N-methyl/N-ethyl adjacent to an activating group) is 1. The zero-order valence-electron chi connectivity index (χ0n) is 8.83. The van der Waals surface area contributed by atoms with E-state index in [1.807, 2.05) is 19.1 Å². The summed E-state index contributed by atoms with van der Waals surface area (Å²) in [7, 11) is -3.26. The Labute approximate surface area is 104 Å². The SMILES string of the molecule is CCNCC1=CS(=O)(=O)c2c(Br)cccc21. The first-order valence-electron chi connectivity index (χ1n) is 5.01. The van der Waals surface area contributed by atoms with Crippen LogP contribution in [0.2, 0.25) is 0 Å². The monoisotopic (exact) mass is 301 g/mol. The standard InChI is InChI=1S/C11H12BrNO2S/c1-2-13-6-8-7-16(14,15)11-9(8)4-3-5-10(11)12/h3-5,7,13H,2,6H2,1H3. The van der Waals surface area contributed by atoms with Gasteiger partial charge in [0, 0.05) is 16.4 Å². The molecule has 0 amide bonds. The van der Waals surface area contributed by atoms with Crippen molar-refractivity contribution >= 4 is 31.3 Å². The largest absolute Gasteiger partial charge is 0.313 e. The topological polar surface area (TPSA) is 46.2 Å². The van der Waals surface area contributed by atoms with Crippen LogP contribution in [0.15, 0.2) is 33.0 Å². The van der Waals surface area contributed by atoms with Crippen molar-refractivity contribution in [2.75, 3.05) is 13.1 Å². The first kappa shape index (κ1) is 11.8. The van der Waals surface area contributed by atoms with Gasteiger partial charge in [0.2, 0.25) is 9.84 Å². The van der Waals surface area contributed by atoms with Gasteiger partial charge in [-0.2, -0.15) is 0 Å². The highest BCUT2D eigenvalue weighted by atomic mass is 79.9. The van der Waals surface area contributed by atoms with Crippen molar-refractivity contribution in [1.82, 2.24) is 5.32 Å². The van der Waals surface area contributed by atoms with E-state index in [1.54, 1.807) is 6.07 Å². The molecule has 1 aromatic carbocycles. The molecule has 0 aliphatic carbocycles. The number of nitrogens with one attached hydrogen (secondary N) is 1. The van der Waals surface area contributed by atoms with Crippen molar-refractivity contribution < 1.29 is 8.42 Å². The fraction of sp³-hybridized carbons (Fsp3) is 0.273. The average molecular weight is 302 g/mol. The van der Waals surface area contributed by atoms with Gasteiger partial charge in [-0.15, -0.1) is 0 Å². The minimum Gasteiger partial charge on any atom is -0.313 e. The van der Waals surface area contributed by atoms with E-state index in [0.717, 1.165) is 17.7 Å². The second kappa shape index (κ2) is 4.31. The molecule has 0 saturated carbocycles. The molecule has 16 heavy (non-hydrogen) atoms. The van der Waals surface area contributed by atoms with Crippen LogP contribution in [0.25, 0.3) is 5.57 Å².